The second-order valence-electron chi connectivity index (χ2n) is 9.55. The number of sulfonamides is 1. The van der Waals surface area contributed by atoms with Gasteiger partial charge in [0.2, 0.25) is 21.8 Å². The second kappa shape index (κ2) is 13.2. The van der Waals surface area contributed by atoms with Crippen LogP contribution in [0, 0.1) is 24.0 Å². The number of nitro groups is 1. The van der Waals surface area contributed by atoms with Gasteiger partial charge in [0.05, 0.1) is 16.9 Å². The summed E-state index contributed by atoms with van der Waals surface area (Å²) in [4.78, 5) is 39.6. The van der Waals surface area contributed by atoms with Crippen molar-refractivity contribution in [3.05, 3.63) is 105 Å². The number of hydrogen-bond acceptors (Lipinski definition) is 6. The van der Waals surface area contributed by atoms with Gasteiger partial charge in [-0.15, -0.1) is 0 Å². The van der Waals surface area contributed by atoms with Crippen LogP contribution in [-0.4, -0.2) is 55.4 Å². The molecule has 0 saturated heterocycles. The molecule has 0 saturated carbocycles. The molecule has 3 aromatic carbocycles. The molecule has 0 aliphatic rings. The molecule has 3 aromatic rings. The standard InChI is InChI=1S/C29H34N4O6S/c1-5-30-29(35)27(17-23-12-7-6-8-13-23)31(19-24-14-10-9-11-21(24)2)28(34)20-32(40(4,38)39)26-18-25(33(36)37)16-15-22(26)3/h6-16,18,27H,5,17,19-20H2,1-4H3,(H,30,35). The number of amides is 2. The molecular formula is C29H34N4O6S. The summed E-state index contributed by atoms with van der Waals surface area (Å²) in [6.45, 7) is 5.05. The van der Waals surface area contributed by atoms with Crippen LogP contribution in [0.1, 0.15) is 29.2 Å². The van der Waals surface area contributed by atoms with E-state index in [1.807, 2.05) is 61.5 Å². The number of carbonyl (C=O) groups is 2. The average Bonchev–Trinajstić information content (AvgIpc) is 2.90. The zero-order valence-corrected chi connectivity index (χ0v) is 23.8. The summed E-state index contributed by atoms with van der Waals surface area (Å²) in [7, 11) is -4.04. The summed E-state index contributed by atoms with van der Waals surface area (Å²) in [5, 5.41) is 14.2. The lowest BCUT2D eigenvalue weighted by Crippen LogP contribution is -2.53. The highest BCUT2D eigenvalue weighted by molar-refractivity contribution is 7.92. The van der Waals surface area contributed by atoms with Crippen LogP contribution in [-0.2, 0) is 32.6 Å². The molecule has 1 unspecified atom stereocenters. The number of nitrogens with one attached hydrogen (secondary N) is 1. The van der Waals surface area contributed by atoms with Crippen LogP contribution < -0.4 is 9.62 Å². The Morgan fingerprint density at radius 2 is 1.62 bits per heavy atom. The third-order valence-electron chi connectivity index (χ3n) is 6.58. The zero-order valence-electron chi connectivity index (χ0n) is 23.0. The number of carbonyl (C=O) groups excluding carboxylic acids is 2. The van der Waals surface area contributed by atoms with Gasteiger partial charge in [-0.1, -0.05) is 60.7 Å². The maximum absolute atomic E-state index is 14.1. The summed E-state index contributed by atoms with van der Waals surface area (Å²) in [5.74, 6) is -0.988. The predicted molar refractivity (Wildman–Crippen MR) is 154 cm³/mol. The Morgan fingerprint density at radius 1 is 0.975 bits per heavy atom. The van der Waals surface area contributed by atoms with Gasteiger partial charge in [0, 0.05) is 31.6 Å². The van der Waals surface area contributed by atoms with Gasteiger partial charge in [-0.05, 0) is 43.0 Å². The lowest BCUT2D eigenvalue weighted by molar-refractivity contribution is -0.384. The highest BCUT2D eigenvalue weighted by Crippen LogP contribution is 2.28. The number of aryl methyl sites for hydroxylation is 2. The Kier molecular flexibility index (Phi) is 10.0. The highest BCUT2D eigenvalue weighted by Gasteiger charge is 2.33. The first-order valence-electron chi connectivity index (χ1n) is 12.8. The summed E-state index contributed by atoms with van der Waals surface area (Å²) < 4.78 is 26.7. The van der Waals surface area contributed by atoms with E-state index in [0.717, 1.165) is 33.3 Å². The van der Waals surface area contributed by atoms with E-state index in [1.165, 1.54) is 17.0 Å². The number of anilines is 1. The van der Waals surface area contributed by atoms with E-state index in [0.29, 0.717) is 12.1 Å². The van der Waals surface area contributed by atoms with Crippen molar-refractivity contribution in [1.29, 1.82) is 0 Å². The number of non-ortho nitro benzene ring substituents is 1. The van der Waals surface area contributed by atoms with Gasteiger partial charge >= 0.3 is 0 Å². The molecule has 0 spiro atoms. The molecule has 0 aliphatic heterocycles. The van der Waals surface area contributed by atoms with Crippen LogP contribution in [0.25, 0.3) is 0 Å². The first kappa shape index (κ1) is 30.3. The van der Waals surface area contributed by atoms with E-state index in [2.05, 4.69) is 5.32 Å². The van der Waals surface area contributed by atoms with Crippen molar-refractivity contribution >= 4 is 33.2 Å². The molecule has 0 aliphatic carbocycles. The molecular weight excluding hydrogens is 532 g/mol. The van der Waals surface area contributed by atoms with Crippen molar-refractivity contribution < 1.29 is 22.9 Å². The smallest absolute Gasteiger partial charge is 0.271 e. The molecule has 1 atom stereocenters. The van der Waals surface area contributed by atoms with Crippen LogP contribution in [0.5, 0.6) is 0 Å². The Morgan fingerprint density at radius 3 is 2.23 bits per heavy atom. The number of likely N-dealkylation sites (N-methyl/N-ethyl adjacent to an activating group) is 1. The Labute approximate surface area is 234 Å². The first-order chi connectivity index (χ1) is 18.9. The third kappa shape index (κ3) is 7.66. The Hall–Kier alpha value is -4.25. The summed E-state index contributed by atoms with van der Waals surface area (Å²) >= 11 is 0. The third-order valence-corrected chi connectivity index (χ3v) is 7.70. The predicted octanol–water partition coefficient (Wildman–Crippen LogP) is 3.75. The summed E-state index contributed by atoms with van der Waals surface area (Å²) in [6, 6.07) is 19.6. The largest absolute Gasteiger partial charge is 0.355 e. The Balaban J connectivity index is 2.10. The molecule has 3 rings (SSSR count). The van der Waals surface area contributed by atoms with E-state index in [1.54, 1.807) is 13.8 Å². The molecule has 0 bridgehead atoms. The van der Waals surface area contributed by atoms with Gasteiger partial charge in [-0.3, -0.25) is 24.0 Å². The Bertz CT molecular complexity index is 1480. The monoisotopic (exact) mass is 566 g/mol. The molecule has 0 radical (unpaired) electrons. The fraction of sp³-hybridized carbons (Fsp3) is 0.310. The van der Waals surface area contributed by atoms with Crippen molar-refractivity contribution in [3.8, 4) is 0 Å². The average molecular weight is 567 g/mol. The SMILES string of the molecule is CCNC(=O)C(Cc1ccccc1)N(Cc1ccccc1C)C(=O)CN(c1cc([N+](=O)[O-])ccc1C)S(C)(=O)=O. The fourth-order valence-corrected chi connectivity index (χ4v) is 5.29. The van der Waals surface area contributed by atoms with Gasteiger partial charge in [-0.2, -0.15) is 0 Å². The minimum atomic E-state index is -4.04. The van der Waals surface area contributed by atoms with Gasteiger partial charge in [0.15, 0.2) is 0 Å². The number of nitro benzene ring substituents is 1. The number of nitrogens with zero attached hydrogens (tertiary/aromatic N) is 3. The molecule has 0 fully saturated rings. The van der Waals surface area contributed by atoms with E-state index in [9.17, 15) is 28.1 Å². The molecule has 1 N–H and O–H groups in total. The van der Waals surface area contributed by atoms with Crippen LogP contribution in [0.3, 0.4) is 0 Å². The molecule has 40 heavy (non-hydrogen) atoms. The van der Waals surface area contributed by atoms with E-state index < -0.39 is 33.4 Å². The van der Waals surface area contributed by atoms with Crippen molar-refractivity contribution in [2.45, 2.75) is 39.8 Å². The first-order valence-corrected chi connectivity index (χ1v) is 14.7. The van der Waals surface area contributed by atoms with Crippen LogP contribution in [0.15, 0.2) is 72.8 Å². The van der Waals surface area contributed by atoms with Crippen molar-refractivity contribution in [3.63, 3.8) is 0 Å². The number of benzene rings is 3. The van der Waals surface area contributed by atoms with Crippen LogP contribution in [0.2, 0.25) is 0 Å². The van der Waals surface area contributed by atoms with E-state index in [-0.39, 0.29) is 30.2 Å². The normalized spacial score (nSPS) is 11.9. The second-order valence-corrected chi connectivity index (χ2v) is 11.5. The van der Waals surface area contributed by atoms with Gasteiger partial charge < -0.3 is 10.2 Å². The quantitative estimate of drug-likeness (QED) is 0.263. The minimum absolute atomic E-state index is 0.0264. The van der Waals surface area contributed by atoms with Gasteiger partial charge in [0.25, 0.3) is 5.69 Å². The van der Waals surface area contributed by atoms with Crippen LogP contribution in [0.4, 0.5) is 11.4 Å². The lowest BCUT2D eigenvalue weighted by atomic mass is 10.0. The molecule has 11 heteroatoms. The zero-order chi connectivity index (χ0) is 29.4. The van der Waals surface area contributed by atoms with E-state index >= 15 is 0 Å². The van der Waals surface area contributed by atoms with Crippen molar-refractivity contribution in [2.75, 3.05) is 23.7 Å². The van der Waals surface area contributed by atoms with Crippen molar-refractivity contribution in [1.82, 2.24) is 10.2 Å². The number of hydrogen-bond donors (Lipinski definition) is 1. The van der Waals surface area contributed by atoms with E-state index in [4.69, 9.17) is 0 Å². The number of rotatable bonds is 12. The minimum Gasteiger partial charge on any atom is -0.355 e. The molecule has 0 aromatic heterocycles. The molecule has 0 heterocycles. The molecule has 212 valence electrons. The van der Waals surface area contributed by atoms with Crippen LogP contribution >= 0.6 is 0 Å². The highest BCUT2D eigenvalue weighted by atomic mass is 32.2. The van der Waals surface area contributed by atoms with Gasteiger partial charge in [-0.25, -0.2) is 8.42 Å². The molecule has 2 amide bonds. The topological polar surface area (TPSA) is 130 Å². The maximum atomic E-state index is 14.1. The summed E-state index contributed by atoms with van der Waals surface area (Å²) in [5.41, 5.74) is 2.70. The lowest BCUT2D eigenvalue weighted by Gasteiger charge is -2.34. The maximum Gasteiger partial charge on any atom is 0.271 e. The fourth-order valence-electron chi connectivity index (χ4n) is 4.39. The van der Waals surface area contributed by atoms with Gasteiger partial charge in [0.1, 0.15) is 12.6 Å². The summed E-state index contributed by atoms with van der Waals surface area (Å²) in [6.07, 6.45) is 1.15. The molecule has 10 nitrogen and oxygen atoms in total. The van der Waals surface area contributed by atoms with Crippen molar-refractivity contribution in [2.24, 2.45) is 0 Å².